The third kappa shape index (κ3) is 2.61. The van der Waals surface area contributed by atoms with Crippen LogP contribution >= 0.6 is 0 Å². The van der Waals surface area contributed by atoms with Gasteiger partial charge in [-0.15, -0.1) is 0 Å². The van der Waals surface area contributed by atoms with Gasteiger partial charge in [-0.25, -0.2) is 0 Å². The fraction of sp³-hybridized carbons (Fsp3) is 0.0625. The average Bonchev–Trinajstić information content (AvgIpc) is 2.46. The van der Waals surface area contributed by atoms with Gasteiger partial charge in [0, 0.05) is 0 Å². The molecule has 0 saturated heterocycles. The molecule has 0 N–H and O–H groups in total. The van der Waals surface area contributed by atoms with E-state index in [0.29, 0.717) is 14.5 Å². The molecule has 3 rings (SSSR count). The number of benzene rings is 2. The van der Waals surface area contributed by atoms with Gasteiger partial charge in [0.2, 0.25) is 0 Å². The summed E-state index contributed by atoms with van der Waals surface area (Å²) in [5.74, 6) is 0. The topological polar surface area (TPSA) is 17.1 Å². The minimum atomic E-state index is 0.219. The van der Waals surface area contributed by atoms with E-state index in [1.165, 1.54) is 12.1 Å². The van der Waals surface area contributed by atoms with Crippen LogP contribution in [0.25, 0.3) is 9.65 Å². The Kier molecular flexibility index (Phi) is 3.72. The molecule has 94 valence electrons. The quantitative estimate of drug-likeness (QED) is 0.613. The molecule has 0 aliphatic carbocycles. The average molecular weight is 378 g/mol. The van der Waals surface area contributed by atoms with E-state index in [-0.39, 0.29) is 20.4 Å². The maximum atomic E-state index is 12.4. The molecule has 0 fully saturated rings. The zero-order chi connectivity index (χ0) is 13.2. The third-order valence-electron chi connectivity index (χ3n) is 2.93. The van der Waals surface area contributed by atoms with Crippen molar-refractivity contribution in [2.45, 2.75) is 6.92 Å². The first-order chi connectivity index (χ1) is 9.25. The summed E-state index contributed by atoms with van der Waals surface area (Å²) >= 11 is 0.568. The third-order valence-corrected chi connectivity index (χ3v) is 9.09. The molecule has 0 unspecified atom stereocenters. The molecular formula is C16H12OSe2. The molecule has 3 heteroatoms. The molecule has 0 amide bonds. The van der Waals surface area contributed by atoms with E-state index in [2.05, 4.69) is 30.3 Å². The summed E-state index contributed by atoms with van der Waals surface area (Å²) in [6, 6.07) is 18.5. The number of rotatable bonds is 2. The number of hydrogen-bond acceptors (Lipinski definition) is 1. The summed E-state index contributed by atoms with van der Waals surface area (Å²) in [5, 5.41) is 0.910. The predicted octanol–water partition coefficient (Wildman–Crippen LogP) is 1.22. The summed E-state index contributed by atoms with van der Waals surface area (Å²) in [4.78, 5) is 12.4. The van der Waals surface area contributed by atoms with E-state index in [0.717, 1.165) is 10.9 Å². The molecule has 0 saturated carbocycles. The molecule has 0 radical (unpaired) electrons. The van der Waals surface area contributed by atoms with Crippen molar-refractivity contribution in [3.8, 4) is 0 Å². The predicted molar refractivity (Wildman–Crippen MR) is 83.4 cm³/mol. The van der Waals surface area contributed by atoms with Gasteiger partial charge in [-0.2, -0.15) is 0 Å². The van der Waals surface area contributed by atoms with Gasteiger partial charge in [-0.05, 0) is 0 Å². The van der Waals surface area contributed by atoms with Crippen LogP contribution in [0.15, 0.2) is 59.4 Å². The Morgan fingerprint density at radius 2 is 1.63 bits per heavy atom. The van der Waals surface area contributed by atoms with Gasteiger partial charge in [-0.3, -0.25) is 0 Å². The van der Waals surface area contributed by atoms with Crippen molar-refractivity contribution in [1.82, 2.24) is 0 Å². The van der Waals surface area contributed by atoms with Crippen molar-refractivity contribution in [3.05, 3.63) is 70.4 Å². The summed E-state index contributed by atoms with van der Waals surface area (Å²) in [6.45, 7) is 1.99. The molecule has 1 heterocycles. The Bertz CT molecular complexity index is 776. The Morgan fingerprint density at radius 3 is 2.42 bits per heavy atom. The van der Waals surface area contributed by atoms with Crippen molar-refractivity contribution in [1.29, 1.82) is 0 Å². The van der Waals surface area contributed by atoms with Gasteiger partial charge in [0.15, 0.2) is 0 Å². The summed E-state index contributed by atoms with van der Waals surface area (Å²) < 4.78 is 3.95. The molecule has 1 nitrogen and oxygen atoms in total. The van der Waals surface area contributed by atoms with Crippen molar-refractivity contribution in [2.24, 2.45) is 0 Å². The van der Waals surface area contributed by atoms with Crippen molar-refractivity contribution in [3.63, 3.8) is 0 Å². The van der Waals surface area contributed by atoms with Crippen LogP contribution in [-0.2, 0) is 0 Å². The van der Waals surface area contributed by atoms with Crippen LogP contribution in [-0.4, -0.2) is 29.5 Å². The van der Waals surface area contributed by atoms with Crippen LogP contribution in [0.4, 0.5) is 0 Å². The van der Waals surface area contributed by atoms with Crippen LogP contribution in [0.5, 0.6) is 0 Å². The first-order valence-corrected chi connectivity index (χ1v) is 9.43. The van der Waals surface area contributed by atoms with Crippen LogP contribution in [0.1, 0.15) is 5.56 Å². The Balaban J connectivity index is 2.14. The Morgan fingerprint density at radius 1 is 0.947 bits per heavy atom. The standard InChI is InChI=1S/C16H12OSe2/c1-11-15(17)13-9-5-6-10-14(13)19-16(11)18-12-7-3-2-4-8-12/h2-10H,1H3. The first-order valence-electron chi connectivity index (χ1n) is 6.01. The van der Waals surface area contributed by atoms with E-state index in [1.54, 1.807) is 0 Å². The molecule has 2 aromatic carbocycles. The van der Waals surface area contributed by atoms with Crippen LogP contribution in [0, 0.1) is 6.92 Å². The van der Waals surface area contributed by atoms with Gasteiger partial charge >= 0.3 is 124 Å². The summed E-state index contributed by atoms with van der Waals surface area (Å²) in [7, 11) is 0. The zero-order valence-corrected chi connectivity index (χ0v) is 13.8. The molecule has 19 heavy (non-hydrogen) atoms. The monoisotopic (exact) mass is 380 g/mol. The molecule has 3 aromatic rings. The molecular weight excluding hydrogens is 366 g/mol. The van der Waals surface area contributed by atoms with E-state index in [1.807, 2.05) is 31.2 Å². The fourth-order valence-corrected chi connectivity index (χ4v) is 7.87. The van der Waals surface area contributed by atoms with E-state index in [4.69, 9.17) is 0 Å². The second-order valence-electron chi connectivity index (χ2n) is 4.25. The molecule has 0 spiro atoms. The minimum absolute atomic E-state index is 0.219. The van der Waals surface area contributed by atoms with E-state index in [9.17, 15) is 4.79 Å². The SMILES string of the molecule is Cc1c([Se]c2ccccc2)[se]c2ccccc2c1=O. The normalized spacial score (nSPS) is 10.8. The van der Waals surface area contributed by atoms with Crippen LogP contribution in [0.3, 0.4) is 0 Å². The number of fused-ring (bicyclic) bond motifs is 1. The second kappa shape index (κ2) is 5.48. The van der Waals surface area contributed by atoms with Gasteiger partial charge in [-0.1, -0.05) is 0 Å². The molecule has 0 bridgehead atoms. The van der Waals surface area contributed by atoms with Gasteiger partial charge in [0.05, 0.1) is 0 Å². The Labute approximate surface area is 124 Å². The maximum absolute atomic E-state index is 12.4. The van der Waals surface area contributed by atoms with Crippen molar-refractivity contribution in [2.75, 3.05) is 0 Å². The van der Waals surface area contributed by atoms with Crippen LogP contribution in [0.2, 0.25) is 0 Å². The summed E-state index contributed by atoms with van der Waals surface area (Å²) in [6.07, 6.45) is 0. The fourth-order valence-electron chi connectivity index (χ4n) is 1.91. The van der Waals surface area contributed by atoms with Crippen LogP contribution < -0.4 is 13.2 Å². The van der Waals surface area contributed by atoms with Gasteiger partial charge in [0.25, 0.3) is 0 Å². The molecule has 1 aromatic heterocycles. The van der Waals surface area contributed by atoms with Gasteiger partial charge < -0.3 is 0 Å². The molecule has 0 aliphatic rings. The van der Waals surface area contributed by atoms with E-state index >= 15 is 0 Å². The van der Waals surface area contributed by atoms with Gasteiger partial charge in [0.1, 0.15) is 0 Å². The van der Waals surface area contributed by atoms with Crippen molar-refractivity contribution < 1.29 is 0 Å². The zero-order valence-electron chi connectivity index (χ0n) is 10.4. The molecule has 0 aliphatic heterocycles. The van der Waals surface area contributed by atoms with E-state index < -0.39 is 0 Å². The summed E-state index contributed by atoms with van der Waals surface area (Å²) in [5.41, 5.74) is 1.19. The van der Waals surface area contributed by atoms with Crippen molar-refractivity contribution >= 4 is 46.9 Å². The second-order valence-corrected chi connectivity index (χ2v) is 10.0. The first kappa shape index (κ1) is 12.9. The molecule has 0 atom stereocenters. The Hall–Kier alpha value is -1.11. The number of hydrogen-bond donors (Lipinski definition) is 0.